The molecule has 1 aromatic carbocycles. The fraction of sp³-hybridized carbons (Fsp3) is 0.238. The van der Waals surface area contributed by atoms with Gasteiger partial charge in [-0.3, -0.25) is 0 Å². The molecule has 3 aromatic heterocycles. The third-order valence-electron chi connectivity index (χ3n) is 5.20. The Morgan fingerprint density at radius 3 is 2.22 bits per heavy atom. The Morgan fingerprint density at radius 1 is 1.16 bits per heavy atom. The molecular formula is C21H14Cl3F6N6O6PS2. The SMILES string of the molecule is COP(=O)(OC)SCn1c(=O)oc2cc(Cl)cnc21.N#Cc1nn(-c2c(Cl)cc(C(F)(F)F)cc2Cl)c(N)c1[S+]([O-])C(F)(F)F. The quantitative estimate of drug-likeness (QED) is 0.117. The summed E-state index contributed by atoms with van der Waals surface area (Å²) >= 11 is 14.4. The van der Waals surface area contributed by atoms with Gasteiger partial charge in [-0.1, -0.05) is 34.8 Å². The van der Waals surface area contributed by atoms with E-state index < -0.39 is 73.1 Å². The maximum Gasteiger partial charge on any atom is 0.578 e. The van der Waals surface area contributed by atoms with Crippen molar-refractivity contribution in [3.8, 4) is 11.8 Å². The van der Waals surface area contributed by atoms with Crippen LogP contribution in [0.25, 0.3) is 16.9 Å². The summed E-state index contributed by atoms with van der Waals surface area (Å²) in [7, 11) is 2.54. The standard InChI is InChI=1S/C12H4Cl2F6N4OS.C9H10ClN2O5PS/c13-5-1-4(11(15,16)17)2-6(14)8(5)24-10(22)9(7(3-21)23-24)26(25)12(18,19)20;1-15-18(14,16-2)19-5-12-8-7(17-9(12)13)3-6(10)4-11-8/h1-2H,22H2;3-4H,5H2,1-2H3. The van der Waals surface area contributed by atoms with Crippen LogP contribution in [0.1, 0.15) is 11.3 Å². The van der Waals surface area contributed by atoms with Crippen LogP contribution in [0.5, 0.6) is 0 Å². The van der Waals surface area contributed by atoms with Crippen molar-refractivity contribution in [1.82, 2.24) is 19.3 Å². The van der Waals surface area contributed by atoms with Crippen molar-refractivity contribution in [2.24, 2.45) is 0 Å². The fourth-order valence-electron chi connectivity index (χ4n) is 3.24. The first-order valence-electron chi connectivity index (χ1n) is 11.1. The number of alkyl halides is 6. The van der Waals surface area contributed by atoms with E-state index in [4.69, 9.17) is 59.3 Å². The summed E-state index contributed by atoms with van der Waals surface area (Å²) in [5.74, 6) is -1.49. The molecule has 0 spiro atoms. The Kier molecular flexibility index (Phi) is 11.5. The smallest absolute Gasteiger partial charge is 0.578 e. The highest BCUT2D eigenvalue weighted by molar-refractivity contribution is 8.54. The molecule has 45 heavy (non-hydrogen) atoms. The van der Waals surface area contributed by atoms with Crippen LogP contribution in [0.4, 0.5) is 32.2 Å². The van der Waals surface area contributed by atoms with Crippen LogP contribution in [0.3, 0.4) is 0 Å². The Labute approximate surface area is 269 Å². The zero-order valence-electron chi connectivity index (χ0n) is 21.9. The van der Waals surface area contributed by atoms with E-state index in [1.54, 1.807) is 0 Å². The summed E-state index contributed by atoms with van der Waals surface area (Å²) in [6.45, 7) is -3.27. The molecule has 0 aliphatic heterocycles. The van der Waals surface area contributed by atoms with Gasteiger partial charge in [-0.2, -0.15) is 18.4 Å². The number of nitrogen functional groups attached to an aromatic ring is 1. The third-order valence-corrected chi connectivity index (χ3v) is 10.9. The van der Waals surface area contributed by atoms with Gasteiger partial charge < -0.3 is 23.8 Å². The number of pyridine rings is 1. The Morgan fingerprint density at radius 2 is 1.73 bits per heavy atom. The predicted molar refractivity (Wildman–Crippen MR) is 153 cm³/mol. The molecule has 4 rings (SSSR count). The summed E-state index contributed by atoms with van der Waals surface area (Å²) in [4.78, 5) is 14.5. The first kappa shape index (κ1) is 36.9. The fourth-order valence-corrected chi connectivity index (χ4v) is 7.05. The number of nitrogens with two attached hydrogens (primary N) is 1. The van der Waals surface area contributed by atoms with E-state index in [2.05, 4.69) is 10.1 Å². The molecule has 0 radical (unpaired) electrons. The van der Waals surface area contributed by atoms with Gasteiger partial charge in [0, 0.05) is 26.5 Å². The highest BCUT2D eigenvalue weighted by Gasteiger charge is 2.50. The van der Waals surface area contributed by atoms with Crippen LogP contribution < -0.4 is 11.5 Å². The molecule has 0 bridgehead atoms. The van der Waals surface area contributed by atoms with Crippen molar-refractivity contribution in [2.45, 2.75) is 22.5 Å². The van der Waals surface area contributed by atoms with E-state index >= 15 is 0 Å². The van der Waals surface area contributed by atoms with Crippen LogP contribution in [0, 0.1) is 11.3 Å². The number of aromatic nitrogens is 4. The molecule has 1 atom stereocenters. The highest BCUT2D eigenvalue weighted by atomic mass is 35.5. The summed E-state index contributed by atoms with van der Waals surface area (Å²) < 4.78 is 116. The van der Waals surface area contributed by atoms with E-state index in [0.717, 1.165) is 11.4 Å². The van der Waals surface area contributed by atoms with E-state index in [1.807, 2.05) is 0 Å². The summed E-state index contributed by atoms with van der Waals surface area (Å²) in [5.41, 5.74) is -1.83. The summed E-state index contributed by atoms with van der Waals surface area (Å²) in [5, 5.41) is 11.4. The number of hydrogen-bond donors (Lipinski definition) is 1. The van der Waals surface area contributed by atoms with Crippen molar-refractivity contribution in [3.05, 3.63) is 61.3 Å². The molecule has 0 fully saturated rings. The first-order valence-corrected chi connectivity index (χ1v) is 16.5. The van der Waals surface area contributed by atoms with E-state index in [0.29, 0.717) is 27.5 Å². The molecule has 12 nitrogen and oxygen atoms in total. The number of nitrogens with zero attached hydrogens (tertiary/aromatic N) is 5. The molecule has 3 heterocycles. The maximum atomic E-state index is 12.7. The number of anilines is 1. The molecule has 0 saturated heterocycles. The molecule has 0 aliphatic rings. The van der Waals surface area contributed by atoms with Crippen molar-refractivity contribution in [2.75, 3.05) is 20.0 Å². The van der Waals surface area contributed by atoms with Gasteiger partial charge in [0.2, 0.25) is 10.6 Å². The second kappa shape index (κ2) is 14.0. The molecule has 24 heteroatoms. The van der Waals surface area contributed by atoms with Gasteiger partial charge in [0.1, 0.15) is 22.9 Å². The number of benzene rings is 1. The summed E-state index contributed by atoms with van der Waals surface area (Å²) in [6, 6.07) is 3.68. The normalized spacial score (nSPS) is 13.0. The number of fused-ring (bicyclic) bond motifs is 1. The first-order chi connectivity index (χ1) is 20.8. The van der Waals surface area contributed by atoms with E-state index in [9.17, 15) is 40.3 Å². The zero-order chi connectivity index (χ0) is 34.1. The van der Waals surface area contributed by atoms with Gasteiger partial charge in [-0.15, -0.1) is 18.3 Å². The van der Waals surface area contributed by atoms with Crippen LogP contribution in [-0.2, 0) is 36.8 Å². The number of nitriles is 1. The number of hydrogen-bond acceptors (Lipinski definition) is 11. The largest absolute Gasteiger partial charge is 0.604 e. The predicted octanol–water partition coefficient (Wildman–Crippen LogP) is 7.01. The van der Waals surface area contributed by atoms with Gasteiger partial charge in [-0.25, -0.2) is 23.6 Å². The molecule has 0 saturated carbocycles. The van der Waals surface area contributed by atoms with Gasteiger partial charge in [0.25, 0.3) is 0 Å². The molecule has 1 unspecified atom stereocenters. The van der Waals surface area contributed by atoms with Crippen molar-refractivity contribution in [1.29, 1.82) is 5.26 Å². The monoisotopic (exact) mass is 760 g/mol. The van der Waals surface area contributed by atoms with Crippen LogP contribution in [0.2, 0.25) is 15.1 Å². The lowest BCUT2D eigenvalue weighted by atomic mass is 10.2. The van der Waals surface area contributed by atoms with Crippen LogP contribution in [-0.4, -0.2) is 43.6 Å². The molecule has 0 aliphatic carbocycles. The van der Waals surface area contributed by atoms with Gasteiger partial charge in [-0.05, 0) is 23.5 Å². The molecule has 4 aromatic rings. The zero-order valence-corrected chi connectivity index (χ0v) is 26.7. The molecular weight excluding hydrogens is 748 g/mol. The third kappa shape index (κ3) is 8.22. The lowest BCUT2D eigenvalue weighted by Gasteiger charge is -2.14. The van der Waals surface area contributed by atoms with Gasteiger partial charge >= 0.3 is 24.2 Å². The minimum Gasteiger partial charge on any atom is -0.604 e. The van der Waals surface area contributed by atoms with E-state index in [-0.39, 0.29) is 11.5 Å². The lowest BCUT2D eigenvalue weighted by molar-refractivity contribution is -0.137. The second-order valence-electron chi connectivity index (χ2n) is 7.93. The average Bonchev–Trinajstić information content (AvgIpc) is 3.44. The Bertz CT molecular complexity index is 1850. The highest BCUT2D eigenvalue weighted by Crippen LogP contribution is 2.59. The van der Waals surface area contributed by atoms with Crippen molar-refractivity contribution in [3.63, 3.8) is 0 Å². The van der Waals surface area contributed by atoms with Crippen molar-refractivity contribution >= 4 is 81.2 Å². The minimum absolute atomic E-state index is 0.0272. The van der Waals surface area contributed by atoms with Crippen LogP contribution >= 0.6 is 53.0 Å². The molecule has 0 amide bonds. The van der Waals surface area contributed by atoms with Gasteiger partial charge in [0.05, 0.1) is 26.5 Å². The minimum atomic E-state index is -5.25. The maximum absolute atomic E-state index is 12.7. The average molecular weight is 762 g/mol. The Hall–Kier alpha value is -2.60. The summed E-state index contributed by atoms with van der Waals surface area (Å²) in [6.07, 6.45) is -3.39. The Balaban J connectivity index is 0.000000257. The topological polar surface area (TPSA) is 174 Å². The van der Waals surface area contributed by atoms with Crippen LogP contribution in [0.15, 0.2) is 38.5 Å². The van der Waals surface area contributed by atoms with Crippen molar-refractivity contribution < 1.29 is 48.9 Å². The van der Waals surface area contributed by atoms with Gasteiger partial charge in [0.15, 0.2) is 17.0 Å². The number of halogens is 9. The number of oxazole rings is 1. The van der Waals surface area contributed by atoms with E-state index in [1.165, 1.54) is 37.1 Å². The lowest BCUT2D eigenvalue weighted by Crippen LogP contribution is -2.24. The number of rotatable bonds is 7. The second-order valence-corrected chi connectivity index (χ2v) is 14.8. The molecule has 244 valence electrons. The molecule has 2 N–H and O–H groups in total.